The molecule has 1 aliphatic heterocycles. The number of guanidine groups is 1. The number of sulfone groups is 1. The Labute approximate surface area is 156 Å². The molecule has 0 bridgehead atoms. The third-order valence-corrected chi connectivity index (χ3v) is 7.18. The number of hydrogen-bond donors (Lipinski definition) is 1. The van der Waals surface area contributed by atoms with E-state index in [1.54, 1.807) is 6.92 Å². The molecule has 1 aromatic rings. The van der Waals surface area contributed by atoms with Gasteiger partial charge < -0.3 is 10.2 Å². The van der Waals surface area contributed by atoms with Crippen molar-refractivity contribution in [3.8, 4) is 0 Å². The average Bonchev–Trinajstić information content (AvgIpc) is 3.09. The average molecular weight is 384 g/mol. The second kappa shape index (κ2) is 10.1. The van der Waals surface area contributed by atoms with Crippen molar-refractivity contribution in [1.82, 2.24) is 10.2 Å². The van der Waals surface area contributed by atoms with Gasteiger partial charge in [0.1, 0.15) is 0 Å². The highest BCUT2D eigenvalue weighted by Crippen LogP contribution is 2.25. The van der Waals surface area contributed by atoms with Gasteiger partial charge in [-0.1, -0.05) is 25.1 Å². The van der Waals surface area contributed by atoms with E-state index in [1.807, 2.05) is 24.8 Å². The van der Waals surface area contributed by atoms with Gasteiger partial charge in [0.25, 0.3) is 0 Å². The van der Waals surface area contributed by atoms with Crippen molar-refractivity contribution in [2.75, 3.05) is 43.4 Å². The lowest BCUT2D eigenvalue weighted by Gasteiger charge is -2.21. The van der Waals surface area contributed by atoms with Crippen molar-refractivity contribution in [3.05, 3.63) is 30.3 Å². The molecule has 0 amide bonds. The molecular weight excluding hydrogens is 354 g/mol. The molecule has 25 heavy (non-hydrogen) atoms. The summed E-state index contributed by atoms with van der Waals surface area (Å²) in [6.07, 6.45) is 1.15. The zero-order valence-corrected chi connectivity index (χ0v) is 16.8. The molecule has 1 unspecified atom stereocenters. The molecule has 0 saturated carbocycles. The fraction of sp³-hybridized carbons (Fsp3) is 0.611. The molecule has 0 spiro atoms. The van der Waals surface area contributed by atoms with Crippen LogP contribution in [0.2, 0.25) is 0 Å². The standard InChI is InChI=1S/C18H29N3O2S2/c1-3-19-18(20-11-13-25(22,23)4-2)21-12-10-16(14-21)15-24-17-8-6-5-7-9-17/h5-9,16H,3-4,10-15H2,1-2H3,(H,19,20). The minimum absolute atomic E-state index is 0.125. The summed E-state index contributed by atoms with van der Waals surface area (Å²) >= 11 is 1.90. The first-order chi connectivity index (χ1) is 12.0. The summed E-state index contributed by atoms with van der Waals surface area (Å²) in [6.45, 7) is 6.80. The maximum absolute atomic E-state index is 11.6. The fourth-order valence-corrected chi connectivity index (χ4v) is 4.46. The monoisotopic (exact) mass is 383 g/mol. The van der Waals surface area contributed by atoms with E-state index in [0.717, 1.165) is 37.8 Å². The van der Waals surface area contributed by atoms with Crippen LogP contribution in [0, 0.1) is 5.92 Å². The highest BCUT2D eigenvalue weighted by molar-refractivity contribution is 7.99. The van der Waals surface area contributed by atoms with Crippen molar-refractivity contribution >= 4 is 27.6 Å². The van der Waals surface area contributed by atoms with E-state index in [9.17, 15) is 8.42 Å². The van der Waals surface area contributed by atoms with Gasteiger partial charge in [0.15, 0.2) is 15.8 Å². The van der Waals surface area contributed by atoms with Crippen LogP contribution in [0.15, 0.2) is 40.2 Å². The molecule has 1 heterocycles. The molecule has 0 radical (unpaired) electrons. The van der Waals surface area contributed by atoms with Crippen LogP contribution in [-0.2, 0) is 9.84 Å². The summed E-state index contributed by atoms with van der Waals surface area (Å²) in [5, 5.41) is 3.30. The molecule has 2 rings (SSSR count). The van der Waals surface area contributed by atoms with E-state index in [4.69, 9.17) is 0 Å². The molecule has 0 aliphatic carbocycles. The van der Waals surface area contributed by atoms with Gasteiger partial charge in [-0.25, -0.2) is 8.42 Å². The van der Waals surface area contributed by atoms with Gasteiger partial charge in [0.2, 0.25) is 0 Å². The molecule has 0 aromatic heterocycles. The van der Waals surface area contributed by atoms with E-state index in [2.05, 4.69) is 39.5 Å². The lowest BCUT2D eigenvalue weighted by atomic mass is 10.2. The van der Waals surface area contributed by atoms with Gasteiger partial charge in [0, 0.05) is 36.0 Å². The lowest BCUT2D eigenvalue weighted by Crippen LogP contribution is -2.40. The summed E-state index contributed by atoms with van der Waals surface area (Å²) in [5.41, 5.74) is 0. The molecule has 1 N–H and O–H groups in total. The van der Waals surface area contributed by atoms with Gasteiger partial charge in [-0.05, 0) is 31.4 Å². The molecular formula is C18H29N3O2S2. The van der Waals surface area contributed by atoms with Crippen LogP contribution < -0.4 is 5.32 Å². The van der Waals surface area contributed by atoms with Crippen LogP contribution in [0.1, 0.15) is 20.3 Å². The Hall–Kier alpha value is -1.21. The highest BCUT2D eigenvalue weighted by Gasteiger charge is 2.25. The predicted octanol–water partition coefficient (Wildman–Crippen LogP) is 2.50. The van der Waals surface area contributed by atoms with Crippen LogP contribution in [-0.4, -0.2) is 62.7 Å². The van der Waals surface area contributed by atoms with Gasteiger partial charge in [-0.15, -0.1) is 11.8 Å². The minimum Gasteiger partial charge on any atom is -0.357 e. The van der Waals surface area contributed by atoms with E-state index < -0.39 is 9.84 Å². The van der Waals surface area contributed by atoms with E-state index in [-0.39, 0.29) is 11.5 Å². The number of hydrogen-bond acceptors (Lipinski definition) is 4. The van der Waals surface area contributed by atoms with Gasteiger partial charge >= 0.3 is 0 Å². The molecule has 1 aliphatic rings. The molecule has 1 fully saturated rings. The van der Waals surface area contributed by atoms with Crippen LogP contribution >= 0.6 is 11.8 Å². The highest BCUT2D eigenvalue weighted by atomic mass is 32.2. The van der Waals surface area contributed by atoms with Crippen LogP contribution in [0.3, 0.4) is 0 Å². The summed E-state index contributed by atoms with van der Waals surface area (Å²) < 4.78 is 23.3. The number of aliphatic imine (C=N–C) groups is 1. The van der Waals surface area contributed by atoms with Crippen molar-refractivity contribution in [1.29, 1.82) is 0 Å². The van der Waals surface area contributed by atoms with Crippen molar-refractivity contribution in [2.24, 2.45) is 10.9 Å². The summed E-state index contributed by atoms with van der Waals surface area (Å²) in [5.74, 6) is 2.89. The SMILES string of the molecule is CCNC(=NCCS(=O)(=O)CC)N1CCC(CSc2ccccc2)C1. The Balaban J connectivity index is 1.85. The number of nitrogens with one attached hydrogen (secondary N) is 1. The first-order valence-corrected chi connectivity index (χ1v) is 11.8. The van der Waals surface area contributed by atoms with Crippen molar-refractivity contribution in [2.45, 2.75) is 25.2 Å². The summed E-state index contributed by atoms with van der Waals surface area (Å²) in [6, 6.07) is 10.5. The topological polar surface area (TPSA) is 61.8 Å². The second-order valence-corrected chi connectivity index (χ2v) is 9.76. The summed E-state index contributed by atoms with van der Waals surface area (Å²) in [4.78, 5) is 8.10. The van der Waals surface area contributed by atoms with Crippen molar-refractivity contribution < 1.29 is 8.42 Å². The first kappa shape index (κ1) is 20.1. The van der Waals surface area contributed by atoms with Gasteiger partial charge in [-0.3, -0.25) is 4.99 Å². The Morgan fingerprint density at radius 2 is 2.08 bits per heavy atom. The molecule has 1 saturated heterocycles. The van der Waals surface area contributed by atoms with Gasteiger partial charge in [-0.2, -0.15) is 0 Å². The third kappa shape index (κ3) is 6.90. The lowest BCUT2D eigenvalue weighted by molar-refractivity contribution is 0.475. The zero-order chi connectivity index (χ0) is 18.1. The minimum atomic E-state index is -2.96. The number of likely N-dealkylation sites (tertiary alicyclic amines) is 1. The first-order valence-electron chi connectivity index (χ1n) is 8.95. The Bertz CT molecular complexity index is 648. The maximum atomic E-state index is 11.6. The normalized spacial score (nSPS) is 18.6. The Morgan fingerprint density at radius 1 is 1.32 bits per heavy atom. The number of nitrogens with zero attached hydrogens (tertiary/aromatic N) is 2. The Kier molecular flexibility index (Phi) is 8.09. The maximum Gasteiger partial charge on any atom is 0.193 e. The second-order valence-electron chi connectivity index (χ2n) is 6.20. The largest absolute Gasteiger partial charge is 0.357 e. The van der Waals surface area contributed by atoms with Gasteiger partial charge in [0.05, 0.1) is 12.3 Å². The molecule has 5 nitrogen and oxygen atoms in total. The molecule has 1 aromatic carbocycles. The number of benzene rings is 1. The van der Waals surface area contributed by atoms with E-state index in [0.29, 0.717) is 12.5 Å². The fourth-order valence-electron chi connectivity index (χ4n) is 2.75. The molecule has 7 heteroatoms. The number of rotatable bonds is 8. The number of thioether (sulfide) groups is 1. The van der Waals surface area contributed by atoms with Crippen molar-refractivity contribution in [3.63, 3.8) is 0 Å². The zero-order valence-electron chi connectivity index (χ0n) is 15.1. The van der Waals surface area contributed by atoms with E-state index >= 15 is 0 Å². The predicted molar refractivity (Wildman–Crippen MR) is 107 cm³/mol. The van der Waals surface area contributed by atoms with Crippen LogP contribution in [0.4, 0.5) is 0 Å². The quantitative estimate of drug-likeness (QED) is 0.425. The third-order valence-electron chi connectivity index (χ3n) is 4.25. The van der Waals surface area contributed by atoms with E-state index in [1.165, 1.54) is 4.90 Å². The summed E-state index contributed by atoms with van der Waals surface area (Å²) in [7, 11) is -2.96. The Morgan fingerprint density at radius 3 is 2.76 bits per heavy atom. The van der Waals surface area contributed by atoms with Crippen LogP contribution in [0.25, 0.3) is 0 Å². The smallest absolute Gasteiger partial charge is 0.193 e. The van der Waals surface area contributed by atoms with Crippen LogP contribution in [0.5, 0.6) is 0 Å². The molecule has 1 atom stereocenters. The molecule has 140 valence electrons.